The van der Waals surface area contributed by atoms with E-state index >= 15 is 0 Å². The fourth-order valence-corrected chi connectivity index (χ4v) is 2.72. The number of hydrogen-bond donors (Lipinski definition) is 1. The number of halogens is 2. The molecule has 0 aromatic heterocycles. The first-order valence-corrected chi connectivity index (χ1v) is 8.56. The first-order chi connectivity index (χ1) is 13.1. The molecule has 0 aliphatic carbocycles. The largest absolute Gasteiger partial charge is 0.493 e. The molecule has 0 atom stereocenters. The van der Waals surface area contributed by atoms with Crippen LogP contribution in [0.3, 0.4) is 0 Å². The highest BCUT2D eigenvalue weighted by Crippen LogP contribution is 2.37. The second-order valence-corrected chi connectivity index (χ2v) is 6.13. The first-order valence-electron chi connectivity index (χ1n) is 8.18. The van der Waals surface area contributed by atoms with Crippen LogP contribution in [0.1, 0.15) is 15.9 Å². The van der Waals surface area contributed by atoms with Gasteiger partial charge in [0, 0.05) is 11.3 Å². The summed E-state index contributed by atoms with van der Waals surface area (Å²) < 4.78 is 24.1. The first kappa shape index (κ1) is 18.7. The van der Waals surface area contributed by atoms with Crippen LogP contribution >= 0.6 is 11.6 Å². The van der Waals surface area contributed by atoms with Crippen LogP contribution in [0.5, 0.6) is 11.5 Å². The van der Waals surface area contributed by atoms with E-state index in [9.17, 15) is 9.18 Å². The predicted molar refractivity (Wildman–Crippen MR) is 103 cm³/mol. The predicted octanol–water partition coefficient (Wildman–Crippen LogP) is 5.32. The van der Waals surface area contributed by atoms with Gasteiger partial charge >= 0.3 is 0 Å². The monoisotopic (exact) mass is 385 g/mol. The molecule has 0 saturated heterocycles. The average molecular weight is 386 g/mol. The van der Waals surface area contributed by atoms with E-state index in [0.717, 1.165) is 5.56 Å². The molecule has 6 heteroatoms. The Morgan fingerprint density at radius 3 is 2.44 bits per heavy atom. The van der Waals surface area contributed by atoms with Crippen molar-refractivity contribution in [2.24, 2.45) is 0 Å². The van der Waals surface area contributed by atoms with Gasteiger partial charge in [0.25, 0.3) is 5.91 Å². The van der Waals surface area contributed by atoms with E-state index in [1.165, 1.54) is 37.4 Å². The number of hydrogen-bond acceptors (Lipinski definition) is 3. The SMILES string of the molecule is COc1cc(C(=O)Nc2ccc(F)cc2)cc(Cl)c1OCc1ccccc1. The Kier molecular flexibility index (Phi) is 5.94. The summed E-state index contributed by atoms with van der Waals surface area (Å²) >= 11 is 6.31. The minimum Gasteiger partial charge on any atom is -0.493 e. The Labute approximate surface area is 161 Å². The van der Waals surface area contributed by atoms with Crippen molar-refractivity contribution < 1.29 is 18.7 Å². The molecule has 3 aromatic rings. The third kappa shape index (κ3) is 4.77. The molecular weight excluding hydrogens is 369 g/mol. The molecule has 0 heterocycles. The van der Waals surface area contributed by atoms with Crippen molar-refractivity contribution >= 4 is 23.2 Å². The van der Waals surface area contributed by atoms with Crippen LogP contribution in [0.2, 0.25) is 5.02 Å². The van der Waals surface area contributed by atoms with Gasteiger partial charge in [-0.2, -0.15) is 0 Å². The lowest BCUT2D eigenvalue weighted by atomic mass is 10.1. The van der Waals surface area contributed by atoms with Crippen LogP contribution < -0.4 is 14.8 Å². The van der Waals surface area contributed by atoms with E-state index in [2.05, 4.69) is 5.32 Å². The molecule has 0 aliphatic rings. The highest BCUT2D eigenvalue weighted by Gasteiger charge is 2.16. The van der Waals surface area contributed by atoms with Gasteiger partial charge in [-0.25, -0.2) is 4.39 Å². The van der Waals surface area contributed by atoms with Crippen LogP contribution in [0.4, 0.5) is 10.1 Å². The van der Waals surface area contributed by atoms with Gasteiger partial charge in [-0.3, -0.25) is 4.79 Å². The molecule has 138 valence electrons. The maximum Gasteiger partial charge on any atom is 0.255 e. The Bertz CT molecular complexity index is 930. The lowest BCUT2D eigenvalue weighted by Crippen LogP contribution is -2.12. The third-order valence-corrected chi connectivity index (χ3v) is 4.10. The number of rotatable bonds is 6. The summed E-state index contributed by atoms with van der Waals surface area (Å²) in [6, 6.07) is 18.2. The highest BCUT2D eigenvalue weighted by molar-refractivity contribution is 6.32. The van der Waals surface area contributed by atoms with Crippen LogP contribution in [0.15, 0.2) is 66.7 Å². The van der Waals surface area contributed by atoms with Crippen molar-refractivity contribution in [2.45, 2.75) is 6.61 Å². The number of nitrogens with one attached hydrogen (secondary N) is 1. The minimum atomic E-state index is -0.392. The maximum absolute atomic E-state index is 13.0. The van der Waals surface area contributed by atoms with E-state index in [0.29, 0.717) is 29.4 Å². The molecule has 0 spiro atoms. The average Bonchev–Trinajstić information content (AvgIpc) is 2.69. The van der Waals surface area contributed by atoms with Gasteiger partial charge in [0.15, 0.2) is 11.5 Å². The van der Waals surface area contributed by atoms with Crippen molar-refractivity contribution in [3.05, 3.63) is 88.7 Å². The number of ether oxygens (including phenoxy) is 2. The Hall–Kier alpha value is -3.05. The van der Waals surface area contributed by atoms with Crippen molar-refractivity contribution in [3.63, 3.8) is 0 Å². The van der Waals surface area contributed by atoms with Gasteiger partial charge in [0.05, 0.1) is 12.1 Å². The molecule has 3 rings (SSSR count). The summed E-state index contributed by atoms with van der Waals surface area (Å²) in [6.07, 6.45) is 0. The lowest BCUT2D eigenvalue weighted by Gasteiger charge is -2.14. The van der Waals surface area contributed by atoms with Gasteiger partial charge in [-0.1, -0.05) is 41.9 Å². The second-order valence-electron chi connectivity index (χ2n) is 5.72. The molecule has 0 unspecified atom stereocenters. The van der Waals surface area contributed by atoms with Gasteiger partial charge in [-0.05, 0) is 42.0 Å². The molecule has 27 heavy (non-hydrogen) atoms. The van der Waals surface area contributed by atoms with Crippen molar-refractivity contribution in [2.75, 3.05) is 12.4 Å². The van der Waals surface area contributed by atoms with Crippen LogP contribution in [0, 0.1) is 5.82 Å². The van der Waals surface area contributed by atoms with Crippen LogP contribution in [-0.4, -0.2) is 13.0 Å². The molecule has 4 nitrogen and oxygen atoms in total. The van der Waals surface area contributed by atoms with Gasteiger partial charge in [-0.15, -0.1) is 0 Å². The highest BCUT2D eigenvalue weighted by atomic mass is 35.5. The molecule has 1 amide bonds. The van der Waals surface area contributed by atoms with Crippen LogP contribution in [-0.2, 0) is 6.61 Å². The van der Waals surface area contributed by atoms with Gasteiger partial charge < -0.3 is 14.8 Å². The summed E-state index contributed by atoms with van der Waals surface area (Å²) in [7, 11) is 1.47. The molecule has 3 aromatic carbocycles. The topological polar surface area (TPSA) is 47.6 Å². The number of anilines is 1. The van der Waals surface area contributed by atoms with E-state index in [1.54, 1.807) is 6.07 Å². The fraction of sp³-hybridized carbons (Fsp3) is 0.0952. The molecule has 0 saturated carbocycles. The number of benzene rings is 3. The lowest BCUT2D eigenvalue weighted by molar-refractivity contribution is 0.102. The summed E-state index contributed by atoms with van der Waals surface area (Å²) in [5.74, 6) is -0.0573. The zero-order valence-electron chi connectivity index (χ0n) is 14.5. The smallest absolute Gasteiger partial charge is 0.255 e. The molecule has 0 radical (unpaired) electrons. The fourth-order valence-electron chi connectivity index (χ4n) is 2.46. The van der Waals surface area contributed by atoms with E-state index in [4.69, 9.17) is 21.1 Å². The Morgan fingerprint density at radius 1 is 1.07 bits per heavy atom. The van der Waals surface area contributed by atoms with Crippen LogP contribution in [0.25, 0.3) is 0 Å². The summed E-state index contributed by atoms with van der Waals surface area (Å²) in [6.45, 7) is 0.318. The van der Waals surface area contributed by atoms with E-state index in [-0.39, 0.29) is 10.8 Å². The number of carbonyl (C=O) groups excluding carboxylic acids is 1. The van der Waals surface area contributed by atoms with Crippen molar-refractivity contribution in [1.82, 2.24) is 0 Å². The van der Waals surface area contributed by atoms with Crippen molar-refractivity contribution in [3.8, 4) is 11.5 Å². The molecule has 0 fully saturated rings. The Morgan fingerprint density at radius 2 is 1.78 bits per heavy atom. The van der Waals surface area contributed by atoms with E-state index in [1.807, 2.05) is 30.3 Å². The third-order valence-electron chi connectivity index (χ3n) is 3.82. The zero-order valence-corrected chi connectivity index (χ0v) is 15.3. The molecule has 0 aliphatic heterocycles. The summed E-state index contributed by atoms with van der Waals surface area (Å²) in [5.41, 5.74) is 1.75. The van der Waals surface area contributed by atoms with Gasteiger partial charge in [0.2, 0.25) is 0 Å². The quantitative estimate of drug-likeness (QED) is 0.624. The second kappa shape index (κ2) is 8.56. The standard InChI is InChI=1S/C21H17ClFNO3/c1-26-19-12-15(21(25)24-17-9-7-16(23)8-10-17)11-18(22)20(19)27-13-14-5-3-2-4-6-14/h2-12H,13H2,1H3,(H,24,25). The number of amides is 1. The maximum atomic E-state index is 13.0. The zero-order chi connectivity index (χ0) is 19.2. The summed E-state index contributed by atoms with van der Waals surface area (Å²) in [4.78, 5) is 12.5. The summed E-state index contributed by atoms with van der Waals surface area (Å²) in [5, 5.41) is 2.94. The molecular formula is C21H17ClFNO3. The molecule has 1 N–H and O–H groups in total. The number of carbonyl (C=O) groups is 1. The number of methoxy groups -OCH3 is 1. The van der Waals surface area contributed by atoms with Gasteiger partial charge in [0.1, 0.15) is 12.4 Å². The van der Waals surface area contributed by atoms with E-state index < -0.39 is 5.91 Å². The minimum absolute atomic E-state index is 0.259. The van der Waals surface area contributed by atoms with Crippen molar-refractivity contribution in [1.29, 1.82) is 0 Å². The Balaban J connectivity index is 1.78. The molecule has 0 bridgehead atoms. The normalized spacial score (nSPS) is 10.3.